The summed E-state index contributed by atoms with van der Waals surface area (Å²) < 4.78 is 0. The Morgan fingerprint density at radius 3 is 2.83 bits per heavy atom. The highest BCUT2D eigenvalue weighted by Gasteiger charge is 2.20. The van der Waals surface area contributed by atoms with Gasteiger partial charge in [0.05, 0.1) is 6.61 Å². The van der Waals surface area contributed by atoms with Crippen molar-refractivity contribution in [2.75, 3.05) is 26.7 Å². The summed E-state index contributed by atoms with van der Waals surface area (Å²) in [5.41, 5.74) is 0. The van der Waals surface area contributed by atoms with E-state index in [2.05, 4.69) is 24.2 Å². The van der Waals surface area contributed by atoms with Crippen molar-refractivity contribution in [3.63, 3.8) is 0 Å². The van der Waals surface area contributed by atoms with Crippen molar-refractivity contribution >= 4 is 0 Å². The number of likely N-dealkylation sites (N-methyl/N-ethyl adjacent to an activating group) is 1. The van der Waals surface area contributed by atoms with Crippen LogP contribution in [0, 0.1) is 0 Å². The Bertz CT molecular complexity index is 126. The lowest BCUT2D eigenvalue weighted by atomic mass is 10.2. The molecule has 0 bridgehead atoms. The van der Waals surface area contributed by atoms with E-state index in [-0.39, 0.29) is 6.61 Å². The minimum atomic E-state index is 0.261. The van der Waals surface area contributed by atoms with Crippen LogP contribution in [-0.2, 0) is 0 Å². The molecule has 1 rings (SSSR count). The Kier molecular flexibility index (Phi) is 3.98. The lowest BCUT2D eigenvalue weighted by Crippen LogP contribution is -2.41. The number of likely N-dealkylation sites (tertiary alicyclic amines) is 1. The van der Waals surface area contributed by atoms with Crippen molar-refractivity contribution in [2.24, 2.45) is 0 Å². The van der Waals surface area contributed by atoms with Crippen molar-refractivity contribution in [3.05, 3.63) is 0 Å². The molecule has 1 aliphatic heterocycles. The number of aliphatic hydroxyl groups excluding tert-OH is 1. The van der Waals surface area contributed by atoms with Gasteiger partial charge in [0.2, 0.25) is 0 Å². The Morgan fingerprint density at radius 2 is 2.42 bits per heavy atom. The standard InChI is InChI=1S/C9H20N2O/c1-3-8(7-12)10-9-4-5-11(2)6-9/h8-10,12H,3-7H2,1-2H3/t8-,9?/m1/s1. The molecule has 1 unspecified atom stereocenters. The summed E-state index contributed by atoms with van der Waals surface area (Å²) in [4.78, 5) is 2.32. The van der Waals surface area contributed by atoms with Gasteiger partial charge < -0.3 is 15.3 Å². The van der Waals surface area contributed by atoms with Gasteiger partial charge in [-0.2, -0.15) is 0 Å². The minimum Gasteiger partial charge on any atom is -0.395 e. The topological polar surface area (TPSA) is 35.5 Å². The molecule has 12 heavy (non-hydrogen) atoms. The smallest absolute Gasteiger partial charge is 0.0584 e. The van der Waals surface area contributed by atoms with E-state index in [1.54, 1.807) is 0 Å². The lowest BCUT2D eigenvalue weighted by molar-refractivity contribution is 0.227. The summed E-state index contributed by atoms with van der Waals surface area (Å²) >= 11 is 0. The zero-order chi connectivity index (χ0) is 8.97. The molecule has 0 saturated carbocycles. The number of nitrogens with zero attached hydrogens (tertiary/aromatic N) is 1. The van der Waals surface area contributed by atoms with Crippen LogP contribution in [0.15, 0.2) is 0 Å². The number of hydrogen-bond donors (Lipinski definition) is 2. The van der Waals surface area contributed by atoms with E-state index in [0.29, 0.717) is 12.1 Å². The van der Waals surface area contributed by atoms with Gasteiger partial charge in [0.1, 0.15) is 0 Å². The van der Waals surface area contributed by atoms with Crippen molar-refractivity contribution < 1.29 is 5.11 Å². The maximum Gasteiger partial charge on any atom is 0.0584 e. The molecular weight excluding hydrogens is 152 g/mol. The van der Waals surface area contributed by atoms with Crippen molar-refractivity contribution in [2.45, 2.75) is 31.8 Å². The van der Waals surface area contributed by atoms with Gasteiger partial charge in [-0.1, -0.05) is 6.92 Å². The fourth-order valence-electron chi connectivity index (χ4n) is 1.70. The third-order valence-electron chi connectivity index (χ3n) is 2.58. The van der Waals surface area contributed by atoms with Gasteiger partial charge in [0.25, 0.3) is 0 Å². The van der Waals surface area contributed by atoms with E-state index in [9.17, 15) is 0 Å². The molecule has 1 saturated heterocycles. The number of hydrogen-bond acceptors (Lipinski definition) is 3. The highest BCUT2D eigenvalue weighted by Crippen LogP contribution is 2.07. The highest BCUT2D eigenvalue weighted by molar-refractivity contribution is 4.81. The maximum atomic E-state index is 8.98. The largest absolute Gasteiger partial charge is 0.395 e. The molecule has 0 amide bonds. The Morgan fingerprint density at radius 1 is 1.67 bits per heavy atom. The van der Waals surface area contributed by atoms with Gasteiger partial charge in [-0.25, -0.2) is 0 Å². The van der Waals surface area contributed by atoms with Crippen molar-refractivity contribution in [1.82, 2.24) is 10.2 Å². The van der Waals surface area contributed by atoms with Gasteiger partial charge in [0.15, 0.2) is 0 Å². The van der Waals surface area contributed by atoms with Gasteiger partial charge in [-0.3, -0.25) is 0 Å². The molecule has 3 nitrogen and oxygen atoms in total. The second kappa shape index (κ2) is 4.80. The monoisotopic (exact) mass is 172 g/mol. The zero-order valence-electron chi connectivity index (χ0n) is 8.08. The first-order valence-electron chi connectivity index (χ1n) is 4.81. The third kappa shape index (κ3) is 2.73. The Balaban J connectivity index is 2.21. The predicted molar refractivity (Wildman–Crippen MR) is 50.2 cm³/mol. The first kappa shape index (κ1) is 9.96. The van der Waals surface area contributed by atoms with Gasteiger partial charge in [-0.05, 0) is 26.4 Å². The molecule has 2 atom stereocenters. The summed E-state index contributed by atoms with van der Waals surface area (Å²) in [6.45, 7) is 4.67. The van der Waals surface area contributed by atoms with E-state index in [4.69, 9.17) is 5.11 Å². The molecule has 2 N–H and O–H groups in total. The first-order valence-corrected chi connectivity index (χ1v) is 4.81. The summed E-state index contributed by atoms with van der Waals surface area (Å²) in [7, 11) is 2.14. The Labute approximate surface area is 74.8 Å². The fraction of sp³-hybridized carbons (Fsp3) is 1.00. The summed E-state index contributed by atoms with van der Waals surface area (Å²) in [6.07, 6.45) is 2.23. The molecule has 0 spiro atoms. The van der Waals surface area contributed by atoms with Crippen LogP contribution >= 0.6 is 0 Å². The quantitative estimate of drug-likeness (QED) is 0.629. The van der Waals surface area contributed by atoms with E-state index in [1.165, 1.54) is 13.0 Å². The zero-order valence-corrected chi connectivity index (χ0v) is 8.08. The molecule has 1 aliphatic rings. The summed E-state index contributed by atoms with van der Waals surface area (Å²) in [6, 6.07) is 0.883. The predicted octanol–water partition coefficient (Wildman–Crippen LogP) is 0.0510. The van der Waals surface area contributed by atoms with Crippen molar-refractivity contribution in [3.8, 4) is 0 Å². The molecule has 1 heterocycles. The van der Waals surface area contributed by atoms with Crippen LogP contribution in [0.25, 0.3) is 0 Å². The van der Waals surface area contributed by atoms with Crippen LogP contribution < -0.4 is 5.32 Å². The highest BCUT2D eigenvalue weighted by atomic mass is 16.3. The molecule has 0 aromatic heterocycles. The van der Waals surface area contributed by atoms with Crippen LogP contribution in [0.1, 0.15) is 19.8 Å². The Hall–Kier alpha value is -0.120. The summed E-state index contributed by atoms with van der Waals surface area (Å²) in [5, 5.41) is 12.4. The fourth-order valence-corrected chi connectivity index (χ4v) is 1.70. The maximum absolute atomic E-state index is 8.98. The second-order valence-corrected chi connectivity index (χ2v) is 3.70. The minimum absolute atomic E-state index is 0.261. The van der Waals surface area contributed by atoms with Gasteiger partial charge >= 0.3 is 0 Å². The molecule has 0 radical (unpaired) electrons. The van der Waals surface area contributed by atoms with E-state index < -0.39 is 0 Å². The van der Waals surface area contributed by atoms with E-state index in [1.807, 2.05) is 0 Å². The molecule has 1 fully saturated rings. The average Bonchev–Trinajstić information content (AvgIpc) is 2.47. The molecule has 0 aromatic carbocycles. The van der Waals surface area contributed by atoms with Gasteiger partial charge in [-0.15, -0.1) is 0 Å². The van der Waals surface area contributed by atoms with E-state index in [0.717, 1.165) is 13.0 Å². The van der Waals surface area contributed by atoms with E-state index >= 15 is 0 Å². The van der Waals surface area contributed by atoms with Crippen molar-refractivity contribution in [1.29, 1.82) is 0 Å². The number of nitrogens with one attached hydrogen (secondary N) is 1. The van der Waals surface area contributed by atoms with Crippen LogP contribution in [0.3, 0.4) is 0 Å². The average molecular weight is 172 g/mol. The lowest BCUT2D eigenvalue weighted by Gasteiger charge is -2.19. The second-order valence-electron chi connectivity index (χ2n) is 3.70. The number of rotatable bonds is 4. The molecule has 0 aliphatic carbocycles. The number of aliphatic hydroxyl groups is 1. The summed E-state index contributed by atoms with van der Waals surface area (Å²) in [5.74, 6) is 0. The molecule has 72 valence electrons. The molecule has 0 aromatic rings. The SMILES string of the molecule is CC[C@H](CO)NC1CCN(C)C1. The van der Waals surface area contributed by atoms with Crippen LogP contribution in [0.4, 0.5) is 0 Å². The van der Waals surface area contributed by atoms with Crippen LogP contribution in [0.5, 0.6) is 0 Å². The first-order chi connectivity index (χ1) is 5.76. The third-order valence-corrected chi connectivity index (χ3v) is 2.58. The molecule has 3 heteroatoms. The normalized spacial score (nSPS) is 27.8. The van der Waals surface area contributed by atoms with Gasteiger partial charge in [0, 0.05) is 18.6 Å². The van der Waals surface area contributed by atoms with Crippen LogP contribution in [0.2, 0.25) is 0 Å². The molecular formula is C9H20N2O. The van der Waals surface area contributed by atoms with Crippen LogP contribution in [-0.4, -0.2) is 48.8 Å².